The van der Waals surface area contributed by atoms with Crippen LogP contribution in [0.25, 0.3) is 11.2 Å². The molecule has 0 aliphatic carbocycles. The van der Waals surface area contributed by atoms with Crippen LogP contribution in [-0.4, -0.2) is 93.8 Å². The fourth-order valence-electron chi connectivity index (χ4n) is 4.80. The standard InChI is InChI=1S/C20H30N8O2/c21-18-17-19(28(14-22-17)9-8-26-5-1-2-16(26)29)24-20(23-18)27-6-3-15(4-7-27)25-10-12-30-13-11-25/h14-15H,1-13H2,(H2,21,23,24). The Kier molecular flexibility index (Phi) is 5.43. The molecule has 10 nitrogen and oxygen atoms in total. The minimum Gasteiger partial charge on any atom is -0.382 e. The van der Waals surface area contributed by atoms with E-state index in [1.54, 1.807) is 6.33 Å². The van der Waals surface area contributed by atoms with Crippen molar-refractivity contribution in [2.45, 2.75) is 38.3 Å². The van der Waals surface area contributed by atoms with E-state index in [9.17, 15) is 4.79 Å². The summed E-state index contributed by atoms with van der Waals surface area (Å²) in [5.41, 5.74) is 7.60. The van der Waals surface area contributed by atoms with E-state index in [0.717, 1.165) is 70.8 Å². The highest BCUT2D eigenvalue weighted by atomic mass is 16.5. The van der Waals surface area contributed by atoms with Crippen molar-refractivity contribution in [3.63, 3.8) is 0 Å². The molecule has 2 aromatic heterocycles. The van der Waals surface area contributed by atoms with Crippen LogP contribution in [0.2, 0.25) is 0 Å². The first kappa shape index (κ1) is 19.5. The summed E-state index contributed by atoms with van der Waals surface area (Å²) in [5, 5.41) is 0. The summed E-state index contributed by atoms with van der Waals surface area (Å²) in [6, 6.07) is 0.606. The number of morpholine rings is 1. The van der Waals surface area contributed by atoms with Crippen LogP contribution in [-0.2, 0) is 16.1 Å². The van der Waals surface area contributed by atoms with Crippen molar-refractivity contribution in [2.24, 2.45) is 0 Å². The van der Waals surface area contributed by atoms with Crippen LogP contribution in [0.15, 0.2) is 6.33 Å². The zero-order chi connectivity index (χ0) is 20.5. The van der Waals surface area contributed by atoms with E-state index in [1.807, 2.05) is 9.47 Å². The minimum absolute atomic E-state index is 0.234. The van der Waals surface area contributed by atoms with Crippen LogP contribution < -0.4 is 10.6 Å². The van der Waals surface area contributed by atoms with Gasteiger partial charge in [-0.3, -0.25) is 9.69 Å². The third-order valence-electron chi connectivity index (χ3n) is 6.57. The first-order chi connectivity index (χ1) is 14.7. The lowest BCUT2D eigenvalue weighted by molar-refractivity contribution is -0.127. The second-order valence-corrected chi connectivity index (χ2v) is 8.37. The van der Waals surface area contributed by atoms with Gasteiger partial charge in [0.05, 0.1) is 19.5 Å². The highest BCUT2D eigenvalue weighted by Gasteiger charge is 2.27. The molecule has 0 atom stereocenters. The Bertz CT molecular complexity index is 902. The summed E-state index contributed by atoms with van der Waals surface area (Å²) in [5.74, 6) is 1.33. The quantitative estimate of drug-likeness (QED) is 0.746. The lowest BCUT2D eigenvalue weighted by Crippen LogP contribution is -2.49. The Morgan fingerprint density at radius 3 is 2.60 bits per heavy atom. The first-order valence-corrected chi connectivity index (χ1v) is 11.0. The molecule has 2 aromatic rings. The second-order valence-electron chi connectivity index (χ2n) is 8.37. The van der Waals surface area contributed by atoms with Crippen molar-refractivity contribution < 1.29 is 9.53 Å². The number of imidazole rings is 1. The summed E-state index contributed by atoms with van der Waals surface area (Å²) in [6.45, 7) is 7.75. The number of likely N-dealkylation sites (tertiary alicyclic amines) is 1. The zero-order valence-electron chi connectivity index (χ0n) is 17.4. The van der Waals surface area contributed by atoms with Gasteiger partial charge >= 0.3 is 0 Å². The molecular formula is C20H30N8O2. The Labute approximate surface area is 176 Å². The van der Waals surface area contributed by atoms with E-state index in [-0.39, 0.29) is 5.91 Å². The van der Waals surface area contributed by atoms with Gasteiger partial charge in [0.25, 0.3) is 0 Å². The molecule has 3 aliphatic rings. The maximum atomic E-state index is 11.9. The Morgan fingerprint density at radius 1 is 1.07 bits per heavy atom. The van der Waals surface area contributed by atoms with Crippen molar-refractivity contribution >= 4 is 28.8 Å². The smallest absolute Gasteiger partial charge is 0.229 e. The van der Waals surface area contributed by atoms with Gasteiger partial charge in [-0.25, -0.2) is 4.98 Å². The Morgan fingerprint density at radius 2 is 1.87 bits per heavy atom. The van der Waals surface area contributed by atoms with Gasteiger partial charge < -0.3 is 24.8 Å². The highest BCUT2D eigenvalue weighted by molar-refractivity contribution is 5.83. The minimum atomic E-state index is 0.234. The van der Waals surface area contributed by atoms with E-state index in [0.29, 0.717) is 42.8 Å². The molecule has 3 aliphatic heterocycles. The third kappa shape index (κ3) is 3.81. The summed E-state index contributed by atoms with van der Waals surface area (Å²) in [7, 11) is 0. The molecule has 3 fully saturated rings. The third-order valence-corrected chi connectivity index (χ3v) is 6.57. The molecule has 0 bridgehead atoms. The SMILES string of the molecule is Nc1nc(N2CCC(N3CCOCC3)CC2)nc2c1ncn2CCN1CCCC1=O. The predicted octanol–water partition coefficient (Wildman–Crippen LogP) is 0.332. The van der Waals surface area contributed by atoms with Gasteiger partial charge in [-0.15, -0.1) is 0 Å². The number of fused-ring (bicyclic) bond motifs is 1. The van der Waals surface area contributed by atoms with Crippen LogP contribution >= 0.6 is 0 Å². The molecule has 2 N–H and O–H groups in total. The Balaban J connectivity index is 1.28. The van der Waals surface area contributed by atoms with Crippen LogP contribution in [0.4, 0.5) is 11.8 Å². The number of anilines is 2. The van der Waals surface area contributed by atoms with Crippen LogP contribution in [0.3, 0.4) is 0 Å². The number of amides is 1. The van der Waals surface area contributed by atoms with Crippen LogP contribution in [0.1, 0.15) is 25.7 Å². The number of hydrogen-bond donors (Lipinski definition) is 1. The number of nitrogens with two attached hydrogens (primary N) is 1. The summed E-state index contributed by atoms with van der Waals surface area (Å²) in [4.78, 5) is 32.4. The van der Waals surface area contributed by atoms with E-state index >= 15 is 0 Å². The monoisotopic (exact) mass is 414 g/mol. The largest absolute Gasteiger partial charge is 0.382 e. The molecule has 162 valence electrons. The van der Waals surface area contributed by atoms with Crippen LogP contribution in [0.5, 0.6) is 0 Å². The van der Waals surface area contributed by atoms with Crippen molar-refractivity contribution in [3.8, 4) is 0 Å². The molecule has 0 spiro atoms. The van der Waals surface area contributed by atoms with Crippen molar-refractivity contribution in [1.82, 2.24) is 29.3 Å². The van der Waals surface area contributed by atoms with Crippen molar-refractivity contribution in [3.05, 3.63) is 6.33 Å². The van der Waals surface area contributed by atoms with Crippen molar-refractivity contribution in [1.29, 1.82) is 0 Å². The molecular weight excluding hydrogens is 384 g/mol. The molecule has 0 unspecified atom stereocenters. The highest BCUT2D eigenvalue weighted by Crippen LogP contribution is 2.25. The number of nitrogens with zero attached hydrogens (tertiary/aromatic N) is 7. The van der Waals surface area contributed by atoms with Crippen molar-refractivity contribution in [2.75, 3.05) is 63.1 Å². The average molecular weight is 415 g/mol. The van der Waals surface area contributed by atoms with Gasteiger partial charge in [0.15, 0.2) is 11.5 Å². The molecule has 30 heavy (non-hydrogen) atoms. The predicted molar refractivity (Wildman–Crippen MR) is 113 cm³/mol. The number of aromatic nitrogens is 4. The lowest BCUT2D eigenvalue weighted by Gasteiger charge is -2.40. The number of nitrogen functional groups attached to an aromatic ring is 1. The number of ether oxygens (including phenoxy) is 1. The molecule has 0 saturated carbocycles. The molecule has 3 saturated heterocycles. The van der Waals surface area contributed by atoms with Gasteiger partial charge in [-0.2, -0.15) is 9.97 Å². The molecule has 0 aromatic carbocycles. The average Bonchev–Trinajstić information content (AvgIpc) is 3.39. The molecule has 10 heteroatoms. The van der Waals surface area contributed by atoms with E-state index < -0.39 is 0 Å². The maximum absolute atomic E-state index is 11.9. The molecule has 5 heterocycles. The number of carbonyl (C=O) groups is 1. The Hall–Kier alpha value is -2.46. The van der Waals surface area contributed by atoms with Gasteiger partial charge in [-0.05, 0) is 19.3 Å². The molecule has 5 rings (SSSR count). The molecule has 1 amide bonds. The normalized spacial score (nSPS) is 21.8. The van der Waals surface area contributed by atoms with Gasteiger partial charge in [0, 0.05) is 58.3 Å². The first-order valence-electron chi connectivity index (χ1n) is 11.0. The topological polar surface area (TPSA) is 106 Å². The van der Waals surface area contributed by atoms with Crippen LogP contribution in [0, 0.1) is 0 Å². The number of hydrogen-bond acceptors (Lipinski definition) is 8. The summed E-state index contributed by atoms with van der Waals surface area (Å²) >= 11 is 0. The fraction of sp³-hybridized carbons (Fsp3) is 0.700. The zero-order valence-corrected chi connectivity index (χ0v) is 17.4. The second kappa shape index (κ2) is 8.35. The van der Waals surface area contributed by atoms with Gasteiger partial charge in [-0.1, -0.05) is 0 Å². The number of piperidine rings is 1. The lowest BCUT2D eigenvalue weighted by atomic mass is 10.0. The van der Waals surface area contributed by atoms with E-state index in [1.165, 1.54) is 0 Å². The summed E-state index contributed by atoms with van der Waals surface area (Å²) < 4.78 is 7.47. The number of carbonyl (C=O) groups excluding carboxylic acids is 1. The van der Waals surface area contributed by atoms with E-state index in [2.05, 4.69) is 19.8 Å². The van der Waals surface area contributed by atoms with Gasteiger partial charge in [0.1, 0.15) is 5.52 Å². The van der Waals surface area contributed by atoms with Gasteiger partial charge in [0.2, 0.25) is 11.9 Å². The fourth-order valence-corrected chi connectivity index (χ4v) is 4.80. The number of rotatable bonds is 5. The summed E-state index contributed by atoms with van der Waals surface area (Å²) in [6.07, 6.45) is 5.55. The van der Waals surface area contributed by atoms with E-state index in [4.69, 9.17) is 15.5 Å². The maximum Gasteiger partial charge on any atom is 0.229 e. The molecule has 0 radical (unpaired) electrons.